The largest absolute Gasteiger partial charge is 0.416 e. The maximum Gasteiger partial charge on any atom is 0.416 e. The minimum absolute atomic E-state index is 0.319. The van der Waals surface area contributed by atoms with Gasteiger partial charge in [0.1, 0.15) is 0 Å². The molecule has 200 valence electrons. The number of urea groups is 1. The van der Waals surface area contributed by atoms with Gasteiger partial charge < -0.3 is 15.0 Å². The average Bonchev–Trinajstić information content (AvgIpc) is 3.51. The predicted molar refractivity (Wildman–Crippen MR) is 142 cm³/mol. The van der Waals surface area contributed by atoms with Crippen molar-refractivity contribution in [1.82, 2.24) is 19.2 Å². The first-order chi connectivity index (χ1) is 18.4. The number of alkyl halides is 3. The number of rotatable bonds is 8. The summed E-state index contributed by atoms with van der Waals surface area (Å²) in [6.45, 7) is 4.55. The number of hydrogen-bond donors (Lipinski definition) is 1. The standard InChI is InChI=1S/C27H28F3N5O2S/c28-27(29,30)21-6-8-22(9-7-21)31-25(36)34(13-12-33-14-16-37-17-15-33)11-10-23-19-38-26-32-24(18-35(23)26)20-4-2-1-3-5-20/h1-9,18-19H,10-17H2,(H,31,36). The van der Waals surface area contributed by atoms with E-state index in [1.165, 1.54) is 12.1 Å². The molecule has 0 radical (unpaired) electrons. The minimum atomic E-state index is -4.42. The second kappa shape index (κ2) is 11.5. The smallest absolute Gasteiger partial charge is 0.379 e. The van der Waals surface area contributed by atoms with E-state index in [0.717, 1.165) is 47.1 Å². The summed E-state index contributed by atoms with van der Waals surface area (Å²) in [5.74, 6) is 0. The molecule has 1 fully saturated rings. The summed E-state index contributed by atoms with van der Waals surface area (Å²) in [6.07, 6.45) is -1.81. The number of ether oxygens (including phenoxy) is 1. The molecule has 2 aromatic carbocycles. The Labute approximate surface area is 222 Å². The van der Waals surface area contributed by atoms with Gasteiger partial charge in [-0.3, -0.25) is 9.30 Å². The number of thiazole rings is 1. The van der Waals surface area contributed by atoms with Crippen LogP contribution in [0.1, 0.15) is 11.3 Å². The van der Waals surface area contributed by atoms with Crippen molar-refractivity contribution in [1.29, 1.82) is 0 Å². The van der Waals surface area contributed by atoms with E-state index in [4.69, 9.17) is 9.72 Å². The first-order valence-corrected chi connectivity index (χ1v) is 13.3. The zero-order valence-electron chi connectivity index (χ0n) is 20.7. The Kier molecular flexibility index (Phi) is 7.96. The van der Waals surface area contributed by atoms with Crippen molar-refractivity contribution >= 4 is 28.0 Å². The lowest BCUT2D eigenvalue weighted by Gasteiger charge is -2.30. The summed E-state index contributed by atoms with van der Waals surface area (Å²) in [5, 5.41) is 4.81. The Balaban J connectivity index is 1.28. The zero-order valence-corrected chi connectivity index (χ0v) is 21.5. The van der Waals surface area contributed by atoms with Crippen LogP contribution in [0.5, 0.6) is 0 Å². The Bertz CT molecular complexity index is 1350. The van der Waals surface area contributed by atoms with Crippen LogP contribution in [0.25, 0.3) is 16.2 Å². The number of hydrogen-bond acceptors (Lipinski definition) is 5. The zero-order chi connectivity index (χ0) is 26.5. The maximum absolute atomic E-state index is 13.2. The molecule has 38 heavy (non-hydrogen) atoms. The molecule has 0 unspecified atom stereocenters. The van der Waals surface area contributed by atoms with Crippen LogP contribution in [0.2, 0.25) is 0 Å². The van der Waals surface area contributed by atoms with E-state index in [0.29, 0.717) is 45.0 Å². The van der Waals surface area contributed by atoms with Gasteiger partial charge in [0.2, 0.25) is 0 Å². The molecular weight excluding hydrogens is 515 g/mol. The summed E-state index contributed by atoms with van der Waals surface area (Å²) >= 11 is 1.55. The number of amides is 2. The van der Waals surface area contributed by atoms with Crippen molar-refractivity contribution in [3.05, 3.63) is 77.4 Å². The SMILES string of the molecule is O=C(Nc1ccc(C(F)(F)F)cc1)N(CCc1csc2nc(-c3ccccc3)cn12)CCN1CCOCC1. The Morgan fingerprint density at radius 3 is 2.50 bits per heavy atom. The van der Waals surface area contributed by atoms with Gasteiger partial charge in [-0.05, 0) is 24.3 Å². The number of imidazole rings is 1. The van der Waals surface area contributed by atoms with Crippen molar-refractivity contribution in [3.63, 3.8) is 0 Å². The Morgan fingerprint density at radius 2 is 1.79 bits per heavy atom. The Hall–Kier alpha value is -3.41. The molecule has 2 amide bonds. The molecule has 0 aliphatic carbocycles. The number of aromatic nitrogens is 2. The van der Waals surface area contributed by atoms with Crippen LogP contribution < -0.4 is 5.32 Å². The van der Waals surface area contributed by atoms with Crippen LogP contribution in [0.15, 0.2) is 66.2 Å². The number of anilines is 1. The van der Waals surface area contributed by atoms with E-state index in [9.17, 15) is 18.0 Å². The molecule has 4 aromatic rings. The van der Waals surface area contributed by atoms with Crippen LogP contribution in [0, 0.1) is 0 Å². The van der Waals surface area contributed by atoms with Crippen molar-refractivity contribution in [2.75, 3.05) is 51.3 Å². The lowest BCUT2D eigenvalue weighted by atomic mass is 10.2. The molecule has 2 aromatic heterocycles. The number of halogens is 3. The highest BCUT2D eigenvalue weighted by Gasteiger charge is 2.30. The number of carbonyl (C=O) groups excluding carboxylic acids is 1. The molecule has 1 aliphatic rings. The maximum atomic E-state index is 13.2. The molecule has 5 rings (SSSR count). The number of carbonyl (C=O) groups is 1. The van der Waals surface area contributed by atoms with Gasteiger partial charge in [-0.15, -0.1) is 11.3 Å². The summed E-state index contributed by atoms with van der Waals surface area (Å²) in [5.41, 5.74) is 2.54. The highest BCUT2D eigenvalue weighted by molar-refractivity contribution is 7.15. The molecule has 1 N–H and O–H groups in total. The number of morpholine rings is 1. The third-order valence-electron chi connectivity index (χ3n) is 6.53. The lowest BCUT2D eigenvalue weighted by Crippen LogP contribution is -2.45. The number of benzene rings is 2. The number of fused-ring (bicyclic) bond motifs is 1. The monoisotopic (exact) mass is 543 g/mol. The normalized spacial score (nSPS) is 14.6. The molecule has 0 spiro atoms. The van der Waals surface area contributed by atoms with Crippen molar-refractivity contribution in [2.24, 2.45) is 0 Å². The van der Waals surface area contributed by atoms with Gasteiger partial charge in [-0.1, -0.05) is 30.3 Å². The second-order valence-electron chi connectivity index (χ2n) is 9.07. The topological polar surface area (TPSA) is 62.1 Å². The second-order valence-corrected chi connectivity index (χ2v) is 9.90. The van der Waals surface area contributed by atoms with Crippen LogP contribution in [0.4, 0.5) is 23.7 Å². The summed E-state index contributed by atoms with van der Waals surface area (Å²) < 4.78 is 46.2. The van der Waals surface area contributed by atoms with Gasteiger partial charge in [-0.2, -0.15) is 13.2 Å². The first-order valence-electron chi connectivity index (χ1n) is 12.4. The minimum Gasteiger partial charge on any atom is -0.379 e. The van der Waals surface area contributed by atoms with Gasteiger partial charge in [0.05, 0.1) is 24.5 Å². The van der Waals surface area contributed by atoms with Gasteiger partial charge in [0.25, 0.3) is 0 Å². The van der Waals surface area contributed by atoms with Crippen molar-refractivity contribution < 1.29 is 22.7 Å². The number of nitrogens with one attached hydrogen (secondary N) is 1. The van der Waals surface area contributed by atoms with Crippen LogP contribution in [0.3, 0.4) is 0 Å². The van der Waals surface area contributed by atoms with Crippen LogP contribution in [-0.4, -0.2) is 71.2 Å². The summed E-state index contributed by atoms with van der Waals surface area (Å²) in [6, 6.07) is 14.1. The third-order valence-corrected chi connectivity index (χ3v) is 7.42. The quantitative estimate of drug-likeness (QED) is 0.319. The van der Waals surface area contributed by atoms with E-state index >= 15 is 0 Å². The third kappa shape index (κ3) is 6.35. The molecule has 0 saturated carbocycles. The van der Waals surface area contributed by atoms with Crippen molar-refractivity contribution in [3.8, 4) is 11.3 Å². The first kappa shape index (κ1) is 26.2. The molecule has 11 heteroatoms. The van der Waals surface area contributed by atoms with Gasteiger partial charge >= 0.3 is 12.2 Å². The van der Waals surface area contributed by atoms with Gasteiger partial charge in [-0.25, -0.2) is 9.78 Å². The van der Waals surface area contributed by atoms with Crippen LogP contribution >= 0.6 is 11.3 Å². The van der Waals surface area contributed by atoms with Crippen molar-refractivity contribution in [2.45, 2.75) is 12.6 Å². The Morgan fingerprint density at radius 1 is 1.05 bits per heavy atom. The van der Waals surface area contributed by atoms with Gasteiger partial charge in [0.15, 0.2) is 4.96 Å². The molecule has 0 atom stereocenters. The lowest BCUT2D eigenvalue weighted by molar-refractivity contribution is -0.137. The van der Waals surface area contributed by atoms with E-state index in [2.05, 4.69) is 14.6 Å². The van der Waals surface area contributed by atoms with E-state index in [1.807, 2.05) is 41.9 Å². The fraction of sp³-hybridized carbons (Fsp3) is 0.333. The predicted octanol–water partition coefficient (Wildman–Crippen LogP) is 5.49. The fourth-order valence-corrected chi connectivity index (χ4v) is 5.26. The van der Waals surface area contributed by atoms with Gasteiger partial charge in [0, 0.05) is 67.7 Å². The summed E-state index contributed by atoms with van der Waals surface area (Å²) in [7, 11) is 0. The molecule has 7 nitrogen and oxygen atoms in total. The van der Waals surface area contributed by atoms with Crippen LogP contribution in [-0.2, 0) is 17.3 Å². The molecule has 0 bridgehead atoms. The van der Waals surface area contributed by atoms with E-state index in [-0.39, 0.29) is 6.03 Å². The average molecular weight is 544 g/mol. The fourth-order valence-electron chi connectivity index (χ4n) is 4.35. The molecule has 3 heterocycles. The summed E-state index contributed by atoms with van der Waals surface area (Å²) in [4.78, 5) is 22.8. The number of nitrogens with zero attached hydrogens (tertiary/aromatic N) is 4. The van der Waals surface area contributed by atoms with E-state index in [1.54, 1.807) is 16.2 Å². The molecule has 1 saturated heterocycles. The van der Waals surface area contributed by atoms with E-state index < -0.39 is 11.7 Å². The highest BCUT2D eigenvalue weighted by atomic mass is 32.1. The highest BCUT2D eigenvalue weighted by Crippen LogP contribution is 2.30. The molecular formula is C27H28F3N5O2S. The molecule has 1 aliphatic heterocycles.